The van der Waals surface area contributed by atoms with Gasteiger partial charge in [0.1, 0.15) is 0 Å². The number of nitrogens with one attached hydrogen (secondary N) is 1. The van der Waals surface area contributed by atoms with Crippen molar-refractivity contribution in [2.75, 3.05) is 0 Å². The molecule has 0 saturated heterocycles. The lowest BCUT2D eigenvalue weighted by Crippen LogP contribution is -2.22. The summed E-state index contributed by atoms with van der Waals surface area (Å²) in [5, 5.41) is 10.0. The van der Waals surface area contributed by atoms with Gasteiger partial charge in [-0.25, -0.2) is 4.79 Å². The second-order valence-corrected chi connectivity index (χ2v) is 4.21. The number of aromatic nitrogens is 2. The minimum Gasteiger partial charge on any atom is -0.386 e. The second kappa shape index (κ2) is 3.64. The summed E-state index contributed by atoms with van der Waals surface area (Å²) in [4.78, 5) is 14.1. The standard InChI is InChI=1S/C12H14N2O2/c1-12(2,16)9-5-3-4-6-10(9)14-8-7-13-11(14)15/h3-8,16H,1-2H3,(H,13,15). The fourth-order valence-corrected chi connectivity index (χ4v) is 1.71. The molecular weight excluding hydrogens is 204 g/mol. The number of rotatable bonds is 2. The molecule has 0 aliphatic heterocycles. The van der Waals surface area contributed by atoms with Gasteiger partial charge in [0.25, 0.3) is 0 Å². The molecule has 0 radical (unpaired) electrons. The number of nitrogens with zero attached hydrogens (tertiary/aromatic N) is 1. The molecule has 0 atom stereocenters. The third-order valence-corrected chi connectivity index (χ3v) is 2.47. The van der Waals surface area contributed by atoms with Crippen molar-refractivity contribution >= 4 is 0 Å². The summed E-state index contributed by atoms with van der Waals surface area (Å²) < 4.78 is 1.48. The van der Waals surface area contributed by atoms with Gasteiger partial charge < -0.3 is 10.1 Å². The number of H-pyrrole nitrogens is 1. The molecule has 0 unspecified atom stereocenters. The van der Waals surface area contributed by atoms with Crippen LogP contribution < -0.4 is 5.69 Å². The molecule has 84 valence electrons. The minimum absolute atomic E-state index is 0.211. The van der Waals surface area contributed by atoms with E-state index in [0.29, 0.717) is 5.69 Å². The maximum absolute atomic E-state index is 11.5. The van der Waals surface area contributed by atoms with Crippen LogP contribution in [-0.2, 0) is 5.60 Å². The van der Waals surface area contributed by atoms with Crippen LogP contribution in [0, 0.1) is 0 Å². The first-order valence-corrected chi connectivity index (χ1v) is 5.08. The van der Waals surface area contributed by atoms with E-state index >= 15 is 0 Å². The fraction of sp³-hybridized carbons (Fsp3) is 0.250. The van der Waals surface area contributed by atoms with Crippen LogP contribution in [0.2, 0.25) is 0 Å². The zero-order valence-corrected chi connectivity index (χ0v) is 9.27. The molecule has 2 N–H and O–H groups in total. The number of hydrogen-bond acceptors (Lipinski definition) is 2. The topological polar surface area (TPSA) is 58.0 Å². The summed E-state index contributed by atoms with van der Waals surface area (Å²) in [7, 11) is 0. The summed E-state index contributed by atoms with van der Waals surface area (Å²) in [6, 6.07) is 7.30. The first-order valence-electron chi connectivity index (χ1n) is 5.08. The predicted molar refractivity (Wildman–Crippen MR) is 61.6 cm³/mol. The van der Waals surface area contributed by atoms with Crippen molar-refractivity contribution in [2.45, 2.75) is 19.4 Å². The SMILES string of the molecule is CC(C)(O)c1ccccc1-n1cc[nH]c1=O. The number of hydrogen-bond donors (Lipinski definition) is 2. The maximum Gasteiger partial charge on any atom is 0.330 e. The van der Waals surface area contributed by atoms with Crippen molar-refractivity contribution < 1.29 is 5.11 Å². The van der Waals surface area contributed by atoms with Crippen molar-refractivity contribution in [2.24, 2.45) is 0 Å². The Morgan fingerprint density at radius 3 is 2.56 bits per heavy atom. The third kappa shape index (κ3) is 1.79. The molecule has 1 aromatic heterocycles. The Kier molecular flexibility index (Phi) is 2.44. The van der Waals surface area contributed by atoms with Crippen LogP contribution in [0.3, 0.4) is 0 Å². The highest BCUT2D eigenvalue weighted by Gasteiger charge is 2.20. The Hall–Kier alpha value is -1.81. The number of benzene rings is 1. The van der Waals surface area contributed by atoms with Crippen molar-refractivity contribution in [3.63, 3.8) is 0 Å². The first-order chi connectivity index (χ1) is 7.50. The molecule has 0 fully saturated rings. The van der Waals surface area contributed by atoms with Crippen molar-refractivity contribution in [3.8, 4) is 5.69 Å². The lowest BCUT2D eigenvalue weighted by molar-refractivity contribution is 0.0785. The van der Waals surface area contributed by atoms with E-state index in [1.165, 1.54) is 4.57 Å². The van der Waals surface area contributed by atoms with Crippen LogP contribution in [0.15, 0.2) is 41.5 Å². The Morgan fingerprint density at radius 2 is 2.00 bits per heavy atom. The van der Waals surface area contributed by atoms with Crippen molar-refractivity contribution in [1.82, 2.24) is 9.55 Å². The van der Waals surface area contributed by atoms with Crippen LogP contribution in [-0.4, -0.2) is 14.7 Å². The highest BCUT2D eigenvalue weighted by Crippen LogP contribution is 2.25. The van der Waals surface area contributed by atoms with Gasteiger partial charge >= 0.3 is 5.69 Å². The van der Waals surface area contributed by atoms with Gasteiger partial charge in [0.15, 0.2) is 0 Å². The zero-order chi connectivity index (χ0) is 11.8. The number of para-hydroxylation sites is 1. The highest BCUT2D eigenvalue weighted by atomic mass is 16.3. The third-order valence-electron chi connectivity index (χ3n) is 2.47. The first kappa shape index (κ1) is 10.7. The molecule has 4 nitrogen and oxygen atoms in total. The van der Waals surface area contributed by atoms with Crippen LogP contribution in [0.4, 0.5) is 0 Å². The summed E-state index contributed by atoms with van der Waals surface area (Å²) in [6.45, 7) is 3.40. The molecular formula is C12H14N2O2. The van der Waals surface area contributed by atoms with E-state index in [2.05, 4.69) is 4.98 Å². The second-order valence-electron chi connectivity index (χ2n) is 4.21. The summed E-state index contributed by atoms with van der Waals surface area (Å²) >= 11 is 0. The van der Waals surface area contributed by atoms with E-state index in [-0.39, 0.29) is 5.69 Å². The van der Waals surface area contributed by atoms with E-state index in [9.17, 15) is 9.90 Å². The smallest absolute Gasteiger partial charge is 0.330 e. The zero-order valence-electron chi connectivity index (χ0n) is 9.27. The van der Waals surface area contributed by atoms with Gasteiger partial charge in [-0.2, -0.15) is 0 Å². The van der Waals surface area contributed by atoms with Gasteiger partial charge in [0.2, 0.25) is 0 Å². The highest BCUT2D eigenvalue weighted by molar-refractivity contribution is 5.43. The number of imidazole rings is 1. The molecule has 0 amide bonds. The van der Waals surface area contributed by atoms with Gasteiger partial charge in [0, 0.05) is 18.0 Å². The van der Waals surface area contributed by atoms with E-state index in [1.54, 1.807) is 26.2 Å². The van der Waals surface area contributed by atoms with Gasteiger partial charge in [-0.05, 0) is 19.9 Å². The molecule has 0 aliphatic rings. The molecule has 0 aliphatic carbocycles. The van der Waals surface area contributed by atoms with E-state index < -0.39 is 5.60 Å². The van der Waals surface area contributed by atoms with Gasteiger partial charge in [-0.1, -0.05) is 18.2 Å². The van der Waals surface area contributed by atoms with Crippen LogP contribution in [0.5, 0.6) is 0 Å². The minimum atomic E-state index is -0.979. The lowest BCUT2D eigenvalue weighted by Gasteiger charge is -2.21. The monoisotopic (exact) mass is 218 g/mol. The van der Waals surface area contributed by atoms with Crippen LogP contribution in [0.1, 0.15) is 19.4 Å². The molecule has 1 aromatic carbocycles. The van der Waals surface area contributed by atoms with Crippen LogP contribution >= 0.6 is 0 Å². The molecule has 1 heterocycles. The Balaban J connectivity index is 2.67. The Bertz CT molecular complexity index is 546. The number of aliphatic hydroxyl groups is 1. The summed E-state index contributed by atoms with van der Waals surface area (Å²) in [5.74, 6) is 0. The average molecular weight is 218 g/mol. The predicted octanol–water partition coefficient (Wildman–Crippen LogP) is 1.39. The van der Waals surface area contributed by atoms with Gasteiger partial charge in [-0.3, -0.25) is 4.57 Å². The Labute approximate surface area is 93.2 Å². The Morgan fingerprint density at radius 1 is 1.31 bits per heavy atom. The largest absolute Gasteiger partial charge is 0.386 e. The molecule has 4 heteroatoms. The van der Waals surface area contributed by atoms with Crippen molar-refractivity contribution in [3.05, 3.63) is 52.7 Å². The van der Waals surface area contributed by atoms with E-state index in [4.69, 9.17) is 0 Å². The van der Waals surface area contributed by atoms with Gasteiger partial charge in [0.05, 0.1) is 11.3 Å². The van der Waals surface area contributed by atoms with Gasteiger partial charge in [-0.15, -0.1) is 0 Å². The molecule has 2 aromatic rings. The summed E-state index contributed by atoms with van der Waals surface area (Å²) in [6.07, 6.45) is 3.22. The average Bonchev–Trinajstić information content (AvgIpc) is 2.63. The van der Waals surface area contributed by atoms with E-state index in [0.717, 1.165) is 5.56 Å². The molecule has 2 rings (SSSR count). The molecule has 16 heavy (non-hydrogen) atoms. The lowest BCUT2D eigenvalue weighted by atomic mass is 9.96. The molecule has 0 spiro atoms. The molecule has 0 saturated carbocycles. The number of aromatic amines is 1. The fourth-order valence-electron chi connectivity index (χ4n) is 1.71. The van der Waals surface area contributed by atoms with E-state index in [1.807, 2.05) is 24.3 Å². The maximum atomic E-state index is 11.5. The summed E-state index contributed by atoms with van der Waals surface area (Å²) in [5.41, 5.74) is 0.225. The molecule has 0 bridgehead atoms. The normalized spacial score (nSPS) is 11.7. The van der Waals surface area contributed by atoms with Crippen LogP contribution in [0.25, 0.3) is 5.69 Å². The quantitative estimate of drug-likeness (QED) is 0.800. The van der Waals surface area contributed by atoms with Crippen molar-refractivity contribution in [1.29, 1.82) is 0 Å².